The van der Waals surface area contributed by atoms with E-state index >= 15 is 0 Å². The highest BCUT2D eigenvalue weighted by molar-refractivity contribution is 5.37. The van der Waals surface area contributed by atoms with E-state index in [0.29, 0.717) is 0 Å². The quantitative estimate of drug-likeness (QED) is 0.710. The van der Waals surface area contributed by atoms with Gasteiger partial charge in [0.25, 0.3) is 0 Å². The molecule has 0 N–H and O–H groups in total. The number of hydrogen-bond acceptors (Lipinski definition) is 2. The lowest BCUT2D eigenvalue weighted by Gasteiger charge is -2.32. The molecule has 0 atom stereocenters. The van der Waals surface area contributed by atoms with Crippen LogP contribution in [0.5, 0.6) is 0 Å². The van der Waals surface area contributed by atoms with Crippen LogP contribution < -0.4 is 4.90 Å². The predicted molar refractivity (Wildman–Crippen MR) is 59.1 cm³/mol. The molecule has 2 heteroatoms. The van der Waals surface area contributed by atoms with Crippen molar-refractivity contribution in [3.8, 4) is 0 Å². The first-order valence-corrected chi connectivity index (χ1v) is 5.35. The third kappa shape index (κ3) is 2.06. The van der Waals surface area contributed by atoms with Crippen LogP contribution in [0.25, 0.3) is 0 Å². The van der Waals surface area contributed by atoms with E-state index in [-0.39, 0.29) is 0 Å². The minimum Gasteiger partial charge on any atom is -0.357 e. The number of pyridine rings is 1. The molecule has 75 valence electrons. The van der Waals surface area contributed by atoms with Crippen LogP contribution in [0, 0.1) is 12.8 Å². The van der Waals surface area contributed by atoms with Gasteiger partial charge in [-0.05, 0) is 30.9 Å². The Morgan fingerprint density at radius 2 is 2.14 bits per heavy atom. The normalized spacial score (nSPS) is 18.5. The van der Waals surface area contributed by atoms with Crippen LogP contribution in [0.1, 0.15) is 19.3 Å². The van der Waals surface area contributed by atoms with Gasteiger partial charge in [0.1, 0.15) is 5.82 Å². The van der Waals surface area contributed by atoms with E-state index < -0.39 is 0 Å². The smallest absolute Gasteiger partial charge is 0.128 e. The molecule has 1 aromatic rings. The van der Waals surface area contributed by atoms with Crippen molar-refractivity contribution in [3.05, 3.63) is 31.3 Å². The van der Waals surface area contributed by atoms with E-state index in [2.05, 4.69) is 28.9 Å². The van der Waals surface area contributed by atoms with E-state index in [1.165, 1.54) is 12.8 Å². The van der Waals surface area contributed by atoms with E-state index in [0.717, 1.165) is 31.2 Å². The number of anilines is 1. The van der Waals surface area contributed by atoms with Gasteiger partial charge >= 0.3 is 0 Å². The first kappa shape index (κ1) is 9.50. The maximum atomic E-state index is 4.36. The minimum absolute atomic E-state index is 0.829. The first-order valence-electron chi connectivity index (χ1n) is 5.35. The molecule has 1 fully saturated rings. The highest BCUT2D eigenvalue weighted by atomic mass is 15.2. The topological polar surface area (TPSA) is 16.1 Å². The van der Waals surface area contributed by atoms with Crippen molar-refractivity contribution in [1.29, 1.82) is 0 Å². The molecule has 1 aliphatic heterocycles. The van der Waals surface area contributed by atoms with Gasteiger partial charge in [-0.25, -0.2) is 4.98 Å². The SMILES string of the molecule is [CH2]CC1CCN(c2ccccn2)CC1. The molecule has 0 aromatic carbocycles. The standard InChI is InChI=1S/C12H17N2/c1-2-11-6-9-14(10-7-11)12-5-3-4-8-13-12/h3-5,8,11H,1-2,6-7,9-10H2. The minimum atomic E-state index is 0.829. The highest BCUT2D eigenvalue weighted by Gasteiger charge is 2.18. The van der Waals surface area contributed by atoms with Crippen molar-refractivity contribution in [2.45, 2.75) is 19.3 Å². The largest absolute Gasteiger partial charge is 0.357 e. The molecule has 0 amide bonds. The van der Waals surface area contributed by atoms with Crippen molar-refractivity contribution in [3.63, 3.8) is 0 Å². The van der Waals surface area contributed by atoms with E-state index in [9.17, 15) is 0 Å². The summed E-state index contributed by atoms with van der Waals surface area (Å²) in [5.41, 5.74) is 0. The Morgan fingerprint density at radius 1 is 1.36 bits per heavy atom. The van der Waals surface area contributed by atoms with Gasteiger partial charge in [0.05, 0.1) is 0 Å². The predicted octanol–water partition coefficient (Wildman–Crippen LogP) is 2.52. The summed E-state index contributed by atoms with van der Waals surface area (Å²) in [5.74, 6) is 1.95. The number of nitrogens with zero attached hydrogens (tertiary/aromatic N) is 2. The van der Waals surface area contributed by atoms with Crippen LogP contribution in [-0.2, 0) is 0 Å². The molecule has 1 radical (unpaired) electrons. The Hall–Kier alpha value is -1.05. The summed E-state index contributed by atoms with van der Waals surface area (Å²) >= 11 is 0. The average Bonchev–Trinajstić information content (AvgIpc) is 2.30. The lowest BCUT2D eigenvalue weighted by Crippen LogP contribution is -2.33. The maximum Gasteiger partial charge on any atom is 0.128 e. The molecule has 14 heavy (non-hydrogen) atoms. The van der Waals surface area contributed by atoms with E-state index in [4.69, 9.17) is 0 Å². The second-order valence-corrected chi connectivity index (χ2v) is 3.91. The molecule has 2 rings (SSSR count). The zero-order valence-corrected chi connectivity index (χ0v) is 8.52. The van der Waals surface area contributed by atoms with Gasteiger partial charge in [-0.1, -0.05) is 19.4 Å². The summed E-state index contributed by atoms with van der Waals surface area (Å²) in [6, 6.07) is 6.10. The Bertz CT molecular complexity index is 263. The van der Waals surface area contributed by atoms with Crippen molar-refractivity contribution in [1.82, 2.24) is 4.98 Å². The molecule has 0 spiro atoms. The third-order valence-electron chi connectivity index (χ3n) is 3.00. The van der Waals surface area contributed by atoms with Gasteiger partial charge in [0, 0.05) is 19.3 Å². The molecular formula is C12H17N2. The number of rotatable bonds is 2. The van der Waals surface area contributed by atoms with Crippen LogP contribution in [-0.4, -0.2) is 18.1 Å². The zero-order chi connectivity index (χ0) is 9.80. The maximum absolute atomic E-state index is 4.36. The van der Waals surface area contributed by atoms with Crippen LogP contribution in [0.4, 0.5) is 5.82 Å². The van der Waals surface area contributed by atoms with Crippen molar-refractivity contribution >= 4 is 5.82 Å². The number of hydrogen-bond donors (Lipinski definition) is 0. The molecule has 2 heterocycles. The fourth-order valence-corrected chi connectivity index (χ4v) is 1.99. The Labute approximate surface area is 86.0 Å². The van der Waals surface area contributed by atoms with Crippen molar-refractivity contribution in [2.24, 2.45) is 5.92 Å². The summed E-state index contributed by atoms with van der Waals surface area (Å²) in [4.78, 5) is 6.73. The van der Waals surface area contributed by atoms with Gasteiger partial charge in [0.15, 0.2) is 0 Å². The lowest BCUT2D eigenvalue weighted by atomic mass is 9.94. The molecule has 0 saturated carbocycles. The Balaban J connectivity index is 1.96. The Morgan fingerprint density at radius 3 is 2.71 bits per heavy atom. The summed E-state index contributed by atoms with van der Waals surface area (Å²) in [5, 5.41) is 0. The fourth-order valence-electron chi connectivity index (χ4n) is 1.99. The van der Waals surface area contributed by atoms with Gasteiger partial charge in [-0.3, -0.25) is 0 Å². The van der Waals surface area contributed by atoms with E-state index in [1.807, 2.05) is 12.3 Å². The molecule has 1 aromatic heterocycles. The summed E-state index contributed by atoms with van der Waals surface area (Å²) in [7, 11) is 0. The van der Waals surface area contributed by atoms with Crippen LogP contribution >= 0.6 is 0 Å². The van der Waals surface area contributed by atoms with Crippen LogP contribution in [0.2, 0.25) is 0 Å². The molecule has 1 saturated heterocycles. The van der Waals surface area contributed by atoms with Gasteiger partial charge in [-0.2, -0.15) is 0 Å². The molecule has 2 nitrogen and oxygen atoms in total. The molecule has 0 bridgehead atoms. The first-order chi connectivity index (χ1) is 6.90. The summed E-state index contributed by atoms with van der Waals surface area (Å²) < 4.78 is 0. The monoisotopic (exact) mass is 189 g/mol. The number of piperidine rings is 1. The van der Waals surface area contributed by atoms with Crippen molar-refractivity contribution in [2.75, 3.05) is 18.0 Å². The second kappa shape index (κ2) is 4.45. The van der Waals surface area contributed by atoms with Crippen LogP contribution in [0.3, 0.4) is 0 Å². The highest BCUT2D eigenvalue weighted by Crippen LogP contribution is 2.22. The Kier molecular flexibility index (Phi) is 3.02. The third-order valence-corrected chi connectivity index (χ3v) is 3.00. The zero-order valence-electron chi connectivity index (χ0n) is 8.52. The number of aromatic nitrogens is 1. The lowest BCUT2D eigenvalue weighted by molar-refractivity contribution is 0.407. The molecule has 0 unspecified atom stereocenters. The molecule has 1 aliphatic rings. The van der Waals surface area contributed by atoms with E-state index in [1.54, 1.807) is 0 Å². The second-order valence-electron chi connectivity index (χ2n) is 3.91. The summed E-state index contributed by atoms with van der Waals surface area (Å²) in [6.45, 7) is 6.25. The molecule has 0 aliphatic carbocycles. The summed E-state index contributed by atoms with van der Waals surface area (Å²) in [6.07, 6.45) is 5.47. The van der Waals surface area contributed by atoms with Crippen LogP contribution in [0.15, 0.2) is 24.4 Å². The van der Waals surface area contributed by atoms with Gasteiger partial charge in [0.2, 0.25) is 0 Å². The molecular weight excluding hydrogens is 172 g/mol. The average molecular weight is 189 g/mol. The van der Waals surface area contributed by atoms with Crippen molar-refractivity contribution < 1.29 is 0 Å². The van der Waals surface area contributed by atoms with Gasteiger partial charge in [-0.15, -0.1) is 0 Å². The van der Waals surface area contributed by atoms with Gasteiger partial charge < -0.3 is 4.90 Å². The fraction of sp³-hybridized carbons (Fsp3) is 0.500.